The second kappa shape index (κ2) is 6.93. The molecule has 0 aliphatic carbocycles. The summed E-state index contributed by atoms with van der Waals surface area (Å²) in [6.07, 6.45) is 2.92. The summed E-state index contributed by atoms with van der Waals surface area (Å²) in [5.41, 5.74) is 1.04. The fourth-order valence-electron chi connectivity index (χ4n) is 2.30. The highest BCUT2D eigenvalue weighted by Crippen LogP contribution is 2.25. The minimum atomic E-state index is -0.572. The molecular formula is C15H21N5O3. The van der Waals surface area contributed by atoms with E-state index in [1.165, 1.54) is 6.20 Å². The number of aliphatic hydroxyl groups is 1. The Kier molecular flexibility index (Phi) is 4.73. The lowest BCUT2D eigenvalue weighted by Gasteiger charge is -2.24. The van der Waals surface area contributed by atoms with Crippen LogP contribution in [0.25, 0.3) is 0 Å². The molecule has 0 amide bonds. The number of H-pyrrole nitrogens is 1. The zero-order valence-corrected chi connectivity index (χ0v) is 13.2. The molecule has 8 heteroatoms. The first-order chi connectivity index (χ1) is 11.2. The number of nitrogens with zero attached hydrogens (tertiary/aromatic N) is 3. The first kappa shape index (κ1) is 15.7. The van der Waals surface area contributed by atoms with Crippen molar-refractivity contribution in [3.63, 3.8) is 0 Å². The number of ether oxygens (including phenoxy) is 2. The van der Waals surface area contributed by atoms with E-state index in [2.05, 4.69) is 25.5 Å². The normalized spacial score (nSPS) is 17.3. The maximum absolute atomic E-state index is 9.65. The topological polar surface area (TPSA) is 105 Å². The van der Waals surface area contributed by atoms with Crippen LogP contribution in [0.4, 0.5) is 11.6 Å². The number of aromatic nitrogens is 4. The highest BCUT2D eigenvalue weighted by atomic mass is 16.5. The summed E-state index contributed by atoms with van der Waals surface area (Å²) in [5.74, 6) is 1.95. The second-order valence-electron chi connectivity index (χ2n) is 5.62. The molecule has 23 heavy (non-hydrogen) atoms. The van der Waals surface area contributed by atoms with Crippen LogP contribution < -0.4 is 10.1 Å². The van der Waals surface area contributed by atoms with Crippen LogP contribution >= 0.6 is 0 Å². The van der Waals surface area contributed by atoms with Gasteiger partial charge in [0, 0.05) is 17.7 Å². The van der Waals surface area contributed by atoms with Gasteiger partial charge in [0.1, 0.15) is 6.10 Å². The van der Waals surface area contributed by atoms with Gasteiger partial charge in [-0.15, -0.1) is 0 Å². The number of hydrogen-bond donors (Lipinski definition) is 3. The summed E-state index contributed by atoms with van der Waals surface area (Å²) in [6, 6.07) is 1.94. The van der Waals surface area contributed by atoms with Crippen molar-refractivity contribution >= 4 is 11.6 Å². The lowest BCUT2D eigenvalue weighted by molar-refractivity contribution is 0.00670. The van der Waals surface area contributed by atoms with E-state index in [-0.39, 0.29) is 6.10 Å². The van der Waals surface area contributed by atoms with Gasteiger partial charge in [-0.1, -0.05) is 6.92 Å². The standard InChI is InChI=1S/C15H21N5O3/c1-3-12(9(2)21)23-15-6-16-5-14(18-15)17-13-4-11(19-20-13)10-7-22-8-10/h4-6,9-10,12,21H,3,7-8H2,1-2H3,(H2,17,18,19,20)/t9-,12+/m1/s1. The van der Waals surface area contributed by atoms with Crippen LogP contribution in [0.5, 0.6) is 5.88 Å². The van der Waals surface area contributed by atoms with Crippen molar-refractivity contribution in [3.05, 3.63) is 24.2 Å². The molecule has 0 spiro atoms. The Balaban J connectivity index is 1.66. The molecule has 1 aliphatic heterocycles. The molecule has 1 saturated heterocycles. The number of aromatic amines is 1. The fourth-order valence-corrected chi connectivity index (χ4v) is 2.30. The van der Waals surface area contributed by atoms with Crippen molar-refractivity contribution < 1.29 is 14.6 Å². The lowest BCUT2D eigenvalue weighted by atomic mass is 10.0. The van der Waals surface area contributed by atoms with Gasteiger partial charge in [0.25, 0.3) is 0 Å². The Morgan fingerprint density at radius 3 is 2.91 bits per heavy atom. The van der Waals surface area contributed by atoms with Gasteiger partial charge in [-0.3, -0.25) is 10.1 Å². The van der Waals surface area contributed by atoms with Gasteiger partial charge >= 0.3 is 0 Å². The molecule has 0 unspecified atom stereocenters. The largest absolute Gasteiger partial charge is 0.470 e. The van der Waals surface area contributed by atoms with Crippen LogP contribution in [0.3, 0.4) is 0 Å². The predicted molar refractivity (Wildman–Crippen MR) is 83.9 cm³/mol. The molecule has 2 atom stereocenters. The second-order valence-corrected chi connectivity index (χ2v) is 5.62. The Bertz CT molecular complexity index is 642. The summed E-state index contributed by atoms with van der Waals surface area (Å²) in [5, 5.41) is 19.9. The average Bonchev–Trinajstić information content (AvgIpc) is 2.91. The number of anilines is 2. The van der Waals surface area contributed by atoms with Gasteiger partial charge in [-0.05, 0) is 13.3 Å². The van der Waals surface area contributed by atoms with E-state index in [1.54, 1.807) is 13.1 Å². The van der Waals surface area contributed by atoms with Gasteiger partial charge in [-0.2, -0.15) is 10.1 Å². The lowest BCUT2D eigenvalue weighted by Crippen LogP contribution is -2.28. The summed E-state index contributed by atoms with van der Waals surface area (Å²) in [4.78, 5) is 8.45. The van der Waals surface area contributed by atoms with Crippen LogP contribution in [0, 0.1) is 0 Å². The van der Waals surface area contributed by atoms with E-state index in [4.69, 9.17) is 9.47 Å². The number of aliphatic hydroxyl groups excluding tert-OH is 1. The molecule has 1 aliphatic rings. The Morgan fingerprint density at radius 1 is 1.43 bits per heavy atom. The van der Waals surface area contributed by atoms with Gasteiger partial charge in [0.15, 0.2) is 11.6 Å². The number of nitrogens with one attached hydrogen (secondary N) is 2. The molecular weight excluding hydrogens is 298 g/mol. The third-order valence-corrected chi connectivity index (χ3v) is 3.76. The summed E-state index contributed by atoms with van der Waals surface area (Å²) < 4.78 is 10.8. The SMILES string of the molecule is CC[C@H](Oc1cncc(Nc2cc(C3COC3)[nH]n2)n1)[C@@H](C)O. The van der Waals surface area contributed by atoms with Crippen molar-refractivity contribution in [2.45, 2.75) is 38.4 Å². The van der Waals surface area contributed by atoms with Crippen LogP contribution in [-0.4, -0.2) is 50.7 Å². The minimum absolute atomic E-state index is 0.310. The van der Waals surface area contributed by atoms with Crippen molar-refractivity contribution in [1.82, 2.24) is 20.2 Å². The van der Waals surface area contributed by atoms with Crippen molar-refractivity contribution in [1.29, 1.82) is 0 Å². The van der Waals surface area contributed by atoms with E-state index in [1.807, 2.05) is 13.0 Å². The first-order valence-electron chi connectivity index (χ1n) is 7.72. The highest BCUT2D eigenvalue weighted by Gasteiger charge is 2.22. The maximum atomic E-state index is 9.65. The minimum Gasteiger partial charge on any atom is -0.470 e. The van der Waals surface area contributed by atoms with E-state index < -0.39 is 6.10 Å². The molecule has 8 nitrogen and oxygen atoms in total. The molecule has 0 aromatic carbocycles. The molecule has 2 aromatic heterocycles. The third kappa shape index (κ3) is 3.77. The quantitative estimate of drug-likeness (QED) is 0.711. The molecule has 0 bridgehead atoms. The number of rotatable bonds is 7. The number of hydrogen-bond acceptors (Lipinski definition) is 7. The van der Waals surface area contributed by atoms with Gasteiger partial charge in [-0.25, -0.2) is 0 Å². The molecule has 0 saturated carbocycles. The zero-order valence-electron chi connectivity index (χ0n) is 13.2. The monoisotopic (exact) mass is 319 g/mol. The van der Waals surface area contributed by atoms with Crippen LogP contribution in [-0.2, 0) is 4.74 Å². The van der Waals surface area contributed by atoms with E-state index in [0.717, 1.165) is 18.9 Å². The summed E-state index contributed by atoms with van der Waals surface area (Å²) >= 11 is 0. The van der Waals surface area contributed by atoms with E-state index in [0.29, 0.717) is 29.9 Å². The first-order valence-corrected chi connectivity index (χ1v) is 7.72. The van der Waals surface area contributed by atoms with Crippen LogP contribution in [0.15, 0.2) is 18.5 Å². The van der Waals surface area contributed by atoms with Crippen LogP contribution in [0.1, 0.15) is 31.9 Å². The average molecular weight is 319 g/mol. The van der Waals surface area contributed by atoms with Gasteiger partial charge in [0.2, 0.25) is 5.88 Å². The van der Waals surface area contributed by atoms with E-state index >= 15 is 0 Å². The third-order valence-electron chi connectivity index (χ3n) is 3.76. The highest BCUT2D eigenvalue weighted by molar-refractivity contribution is 5.51. The smallest absolute Gasteiger partial charge is 0.234 e. The molecule has 3 heterocycles. The molecule has 2 aromatic rings. The summed E-state index contributed by atoms with van der Waals surface area (Å²) in [6.45, 7) is 5.09. The van der Waals surface area contributed by atoms with E-state index in [9.17, 15) is 5.11 Å². The molecule has 124 valence electrons. The van der Waals surface area contributed by atoms with Crippen molar-refractivity contribution in [2.24, 2.45) is 0 Å². The maximum Gasteiger partial charge on any atom is 0.234 e. The van der Waals surface area contributed by atoms with Crippen LogP contribution in [0.2, 0.25) is 0 Å². The molecule has 3 rings (SSSR count). The fraction of sp³-hybridized carbons (Fsp3) is 0.533. The Hall–Kier alpha value is -2.19. The van der Waals surface area contributed by atoms with Crippen molar-refractivity contribution in [3.8, 4) is 5.88 Å². The van der Waals surface area contributed by atoms with Crippen molar-refractivity contribution in [2.75, 3.05) is 18.5 Å². The zero-order chi connectivity index (χ0) is 16.2. The molecule has 1 fully saturated rings. The summed E-state index contributed by atoms with van der Waals surface area (Å²) in [7, 11) is 0. The molecule has 0 radical (unpaired) electrons. The Labute approximate surface area is 134 Å². The molecule has 3 N–H and O–H groups in total. The predicted octanol–water partition coefficient (Wildman–Crippen LogP) is 1.60. The van der Waals surface area contributed by atoms with Gasteiger partial charge in [0.05, 0.1) is 31.7 Å². The van der Waals surface area contributed by atoms with Gasteiger partial charge < -0.3 is 19.9 Å². The Morgan fingerprint density at radius 2 is 2.26 bits per heavy atom.